The lowest BCUT2D eigenvalue weighted by molar-refractivity contribution is -0.137. The molecule has 2 heterocycles. The van der Waals surface area contributed by atoms with E-state index in [9.17, 15) is 18.4 Å². The van der Waals surface area contributed by atoms with Crippen LogP contribution in [0.25, 0.3) is 127 Å². The van der Waals surface area contributed by atoms with Crippen molar-refractivity contribution in [1.29, 1.82) is 5.26 Å². The van der Waals surface area contributed by atoms with Crippen LogP contribution in [0.4, 0.5) is 18.9 Å². The first kappa shape index (κ1) is 53.1. The summed E-state index contributed by atoms with van der Waals surface area (Å²) in [5.41, 5.74) is 25.3. The monoisotopic (exact) mass is 1090 g/mol. The Morgan fingerprint density at radius 1 is 0.345 bits per heavy atom. The van der Waals surface area contributed by atoms with Gasteiger partial charge in [-0.05, 0) is 202 Å². The van der Waals surface area contributed by atoms with E-state index in [1.807, 2.05) is 36.4 Å². The van der Waals surface area contributed by atoms with Gasteiger partial charge in [-0.15, -0.1) is 0 Å². The minimum Gasteiger partial charge on any atom is -0.309 e. The van der Waals surface area contributed by atoms with E-state index in [4.69, 9.17) is 6.57 Å². The van der Waals surface area contributed by atoms with Crippen LogP contribution in [0.5, 0.6) is 0 Å². The summed E-state index contributed by atoms with van der Waals surface area (Å²) < 4.78 is 47.5. The Morgan fingerprint density at radius 2 is 0.679 bits per heavy atom. The first-order valence-electron chi connectivity index (χ1n) is 28.2. The molecule has 13 aromatic rings. The van der Waals surface area contributed by atoms with Crippen molar-refractivity contribution in [2.45, 2.75) is 61.6 Å². The summed E-state index contributed by atoms with van der Waals surface area (Å²) in [6.45, 7) is 25.5. The van der Waals surface area contributed by atoms with Crippen LogP contribution in [0.15, 0.2) is 200 Å². The minimum absolute atomic E-state index is 0.102. The van der Waals surface area contributed by atoms with Gasteiger partial charge in [0.1, 0.15) is 0 Å². The molecular weight excluding hydrogens is 1040 g/mol. The lowest BCUT2D eigenvalue weighted by Gasteiger charge is -2.21. The van der Waals surface area contributed by atoms with Gasteiger partial charge in [-0.3, -0.25) is 0 Å². The summed E-state index contributed by atoms with van der Waals surface area (Å²) >= 11 is 0. The van der Waals surface area contributed by atoms with E-state index in [1.165, 1.54) is 50.6 Å². The lowest BCUT2D eigenvalue weighted by Crippen LogP contribution is -2.05. The van der Waals surface area contributed by atoms with Crippen molar-refractivity contribution < 1.29 is 13.2 Å². The molecule has 0 saturated heterocycles. The second kappa shape index (κ2) is 20.3. The van der Waals surface area contributed by atoms with Gasteiger partial charge in [-0.1, -0.05) is 160 Å². The number of hydrogen-bond donors (Lipinski definition) is 0. The normalized spacial score (nSPS) is 11.7. The number of aryl methyl sites for hydroxylation is 8. The molecule has 0 unspecified atom stereocenters. The van der Waals surface area contributed by atoms with E-state index in [0.29, 0.717) is 22.4 Å². The third-order valence-electron chi connectivity index (χ3n) is 16.4. The highest BCUT2D eigenvalue weighted by Gasteiger charge is 2.32. The van der Waals surface area contributed by atoms with Crippen LogP contribution in [0.1, 0.15) is 55.6 Å². The molecule has 406 valence electrons. The van der Waals surface area contributed by atoms with Crippen molar-refractivity contribution in [2.24, 2.45) is 0 Å². The van der Waals surface area contributed by atoms with Crippen LogP contribution in [-0.4, -0.2) is 9.13 Å². The Labute approximate surface area is 487 Å². The quantitative estimate of drug-likeness (QED) is 0.140. The molecule has 7 heteroatoms. The van der Waals surface area contributed by atoms with Gasteiger partial charge in [-0.25, -0.2) is 4.85 Å². The fraction of sp³-hybridized carbons (Fsp3) is 0.117. The molecule has 0 amide bonds. The molecular formula is C77H57F3N4. The zero-order valence-corrected chi connectivity index (χ0v) is 48.0. The molecule has 0 spiro atoms. The molecule has 0 aliphatic rings. The Morgan fingerprint density at radius 3 is 1.01 bits per heavy atom. The van der Waals surface area contributed by atoms with E-state index in [-0.39, 0.29) is 5.56 Å². The summed E-state index contributed by atoms with van der Waals surface area (Å²) in [6, 6.07) is 70.3. The average molecular weight is 1100 g/mol. The minimum atomic E-state index is -4.65. The number of halogens is 3. The standard InChI is InChI=1S/C77H57F3N4/c1-44-24-45(2)29-57(28-44)52-10-18-71-65(37-52)66-38-53(58-30-46(3)25-47(4)31-58)11-19-72(66)83(71)75-22-14-56(64-17-15-62(77(78,79)80)36-61(64)43-81)41-69(75)70-42-63(82-9)16-23-76(70)84-73-20-12-54(59-32-48(5)26-49(6)33-59)39-67(73)68-40-55(13-21-74(68)84)60-34-50(7)27-51(8)35-60/h10-42H,1-8H3. The largest absolute Gasteiger partial charge is 0.416 e. The van der Waals surface area contributed by atoms with Crippen molar-refractivity contribution >= 4 is 49.3 Å². The molecule has 4 nitrogen and oxygen atoms in total. The van der Waals surface area contributed by atoms with E-state index < -0.39 is 11.7 Å². The zero-order valence-electron chi connectivity index (χ0n) is 48.0. The highest BCUT2D eigenvalue weighted by molar-refractivity contribution is 6.14. The van der Waals surface area contributed by atoms with Crippen molar-refractivity contribution in [3.63, 3.8) is 0 Å². The molecule has 0 radical (unpaired) electrons. The maximum Gasteiger partial charge on any atom is 0.416 e. The third-order valence-corrected chi connectivity index (χ3v) is 16.4. The maximum absolute atomic E-state index is 14.3. The number of nitriles is 1. The van der Waals surface area contributed by atoms with Crippen LogP contribution in [0, 0.1) is 73.3 Å². The van der Waals surface area contributed by atoms with Gasteiger partial charge in [0.05, 0.1) is 57.2 Å². The van der Waals surface area contributed by atoms with Crippen LogP contribution >= 0.6 is 0 Å². The van der Waals surface area contributed by atoms with E-state index in [2.05, 4.69) is 221 Å². The maximum atomic E-state index is 14.3. The van der Waals surface area contributed by atoms with Gasteiger partial charge in [0.25, 0.3) is 0 Å². The predicted octanol–water partition coefficient (Wildman–Crippen LogP) is 21.8. The topological polar surface area (TPSA) is 38.0 Å². The second-order valence-corrected chi connectivity index (χ2v) is 23.0. The Balaban J connectivity index is 1.13. The van der Waals surface area contributed by atoms with Crippen molar-refractivity contribution in [1.82, 2.24) is 9.13 Å². The summed E-state index contributed by atoms with van der Waals surface area (Å²) in [6.07, 6.45) is -4.65. The van der Waals surface area contributed by atoms with Crippen LogP contribution in [-0.2, 0) is 6.18 Å². The molecule has 0 N–H and O–H groups in total. The summed E-state index contributed by atoms with van der Waals surface area (Å²) in [5, 5.41) is 14.8. The highest BCUT2D eigenvalue weighted by Crippen LogP contribution is 2.47. The third kappa shape index (κ3) is 9.48. The van der Waals surface area contributed by atoms with E-state index in [1.54, 1.807) is 0 Å². The van der Waals surface area contributed by atoms with Crippen LogP contribution in [0.2, 0.25) is 0 Å². The van der Waals surface area contributed by atoms with Crippen LogP contribution in [0.3, 0.4) is 0 Å². The molecule has 0 fully saturated rings. The number of hydrogen-bond acceptors (Lipinski definition) is 1. The first-order valence-corrected chi connectivity index (χ1v) is 28.2. The van der Waals surface area contributed by atoms with Crippen molar-refractivity contribution in [2.75, 3.05) is 0 Å². The number of fused-ring (bicyclic) bond motifs is 6. The van der Waals surface area contributed by atoms with Gasteiger partial charge in [0.15, 0.2) is 5.69 Å². The van der Waals surface area contributed by atoms with E-state index in [0.717, 1.165) is 117 Å². The first-order chi connectivity index (χ1) is 40.4. The molecule has 0 aliphatic heterocycles. The van der Waals surface area contributed by atoms with Gasteiger partial charge in [-0.2, -0.15) is 18.4 Å². The number of rotatable bonds is 8. The molecule has 13 rings (SSSR count). The molecule has 84 heavy (non-hydrogen) atoms. The summed E-state index contributed by atoms with van der Waals surface area (Å²) in [4.78, 5) is 4.04. The molecule has 2 aromatic heterocycles. The smallest absolute Gasteiger partial charge is 0.309 e. The Hall–Kier alpha value is -10.2. The number of aromatic nitrogens is 2. The number of nitrogens with zero attached hydrogens (tertiary/aromatic N) is 4. The summed E-state index contributed by atoms with van der Waals surface area (Å²) in [5.74, 6) is 0. The number of benzene rings is 11. The molecule has 0 saturated carbocycles. The molecule has 11 aromatic carbocycles. The Kier molecular flexibility index (Phi) is 12.9. The molecule has 0 atom stereocenters. The fourth-order valence-electron chi connectivity index (χ4n) is 13.0. The molecule has 0 bridgehead atoms. The number of alkyl halides is 3. The van der Waals surface area contributed by atoms with Gasteiger partial charge in [0, 0.05) is 27.1 Å². The lowest BCUT2D eigenvalue weighted by atomic mass is 9.92. The van der Waals surface area contributed by atoms with Gasteiger partial charge < -0.3 is 9.13 Å². The predicted molar refractivity (Wildman–Crippen MR) is 342 cm³/mol. The Bertz CT molecular complexity index is 4710. The second-order valence-electron chi connectivity index (χ2n) is 23.0. The highest BCUT2D eigenvalue weighted by atomic mass is 19.4. The van der Waals surface area contributed by atoms with Crippen LogP contribution < -0.4 is 0 Å². The SMILES string of the molecule is [C-]#[N+]c1ccc(-n2c3ccc(-c4cc(C)cc(C)c4)cc3c3cc(-c4cc(C)cc(C)c4)ccc32)c(-c2cc(-c3ccc(C(F)(F)F)cc3C#N)ccc2-n2c3ccc(-c4cc(C)cc(C)c4)cc3c3cc(-c4cc(C)cc(C)c4)ccc32)c1. The zero-order chi connectivity index (χ0) is 58.5. The molecule has 0 aliphatic carbocycles. The van der Waals surface area contributed by atoms with Crippen molar-refractivity contribution in [3.8, 4) is 84.2 Å². The van der Waals surface area contributed by atoms with E-state index >= 15 is 0 Å². The summed E-state index contributed by atoms with van der Waals surface area (Å²) in [7, 11) is 0. The van der Waals surface area contributed by atoms with Gasteiger partial charge >= 0.3 is 6.18 Å². The average Bonchev–Trinajstić information content (AvgIpc) is 1.90. The van der Waals surface area contributed by atoms with Gasteiger partial charge in [0.2, 0.25) is 0 Å². The van der Waals surface area contributed by atoms with Crippen molar-refractivity contribution in [3.05, 3.63) is 267 Å². The fourth-order valence-corrected chi connectivity index (χ4v) is 13.0.